The van der Waals surface area contributed by atoms with Crippen LogP contribution in [0.3, 0.4) is 0 Å². The van der Waals surface area contributed by atoms with E-state index in [0.717, 1.165) is 31.4 Å². The summed E-state index contributed by atoms with van der Waals surface area (Å²) in [5.74, 6) is -0.0340. The number of hydrogen-bond donors (Lipinski definition) is 1. The summed E-state index contributed by atoms with van der Waals surface area (Å²) in [6.07, 6.45) is 0.0511. The summed E-state index contributed by atoms with van der Waals surface area (Å²) >= 11 is 4.76. The second-order valence-electron chi connectivity index (χ2n) is 5.72. The largest absolute Gasteiger partial charge is 0.481 e. The van der Waals surface area contributed by atoms with Gasteiger partial charge in [-0.15, -0.1) is 22.7 Å². The molecule has 2 aromatic heterocycles. The van der Waals surface area contributed by atoms with Crippen LogP contribution in [0.1, 0.15) is 42.0 Å². The molecule has 0 fully saturated rings. The van der Waals surface area contributed by atoms with E-state index >= 15 is 0 Å². The van der Waals surface area contributed by atoms with Gasteiger partial charge in [0.15, 0.2) is 4.34 Å². The van der Waals surface area contributed by atoms with Crippen molar-refractivity contribution in [2.75, 3.05) is 0 Å². The Hall–Kier alpha value is -0.920. The highest BCUT2D eigenvalue weighted by Crippen LogP contribution is 2.32. The first-order valence-electron chi connectivity index (χ1n) is 6.51. The van der Waals surface area contributed by atoms with Gasteiger partial charge >= 0.3 is 5.97 Å². The third-order valence-corrected chi connectivity index (χ3v) is 6.17. The second-order valence-corrected chi connectivity index (χ2v) is 8.97. The Balaban J connectivity index is 2.00. The molecule has 114 valence electrons. The van der Waals surface area contributed by atoms with E-state index in [9.17, 15) is 4.79 Å². The van der Waals surface area contributed by atoms with E-state index in [1.165, 1.54) is 11.3 Å². The predicted octanol–water partition coefficient (Wildman–Crippen LogP) is 4.12. The van der Waals surface area contributed by atoms with Gasteiger partial charge in [0, 0.05) is 15.7 Å². The Bertz CT molecular complexity index is 641. The van der Waals surface area contributed by atoms with Crippen LogP contribution in [-0.2, 0) is 22.4 Å². The van der Waals surface area contributed by atoms with Gasteiger partial charge in [-0.1, -0.05) is 32.5 Å². The van der Waals surface area contributed by atoms with Crippen LogP contribution < -0.4 is 0 Å². The van der Waals surface area contributed by atoms with Crippen molar-refractivity contribution in [2.24, 2.45) is 0 Å². The molecule has 2 heterocycles. The van der Waals surface area contributed by atoms with Gasteiger partial charge in [-0.05, 0) is 6.92 Å². The lowest BCUT2D eigenvalue weighted by atomic mass is 9.93. The van der Waals surface area contributed by atoms with Gasteiger partial charge in [0.05, 0.1) is 23.6 Å². The van der Waals surface area contributed by atoms with Crippen LogP contribution in [-0.4, -0.2) is 21.0 Å². The molecule has 7 heteroatoms. The lowest BCUT2D eigenvalue weighted by Gasteiger charge is -2.14. The maximum Gasteiger partial charge on any atom is 0.308 e. The number of nitrogens with zero attached hydrogens (tertiary/aromatic N) is 2. The average molecular weight is 343 g/mol. The number of carbonyl (C=O) groups is 1. The van der Waals surface area contributed by atoms with Gasteiger partial charge in [0.2, 0.25) is 0 Å². The smallest absolute Gasteiger partial charge is 0.308 e. The summed E-state index contributed by atoms with van der Waals surface area (Å²) in [6, 6.07) is 0. The minimum atomic E-state index is -0.812. The molecular formula is C14H18N2O2S3. The maximum atomic E-state index is 10.8. The molecule has 4 nitrogen and oxygen atoms in total. The molecular weight excluding hydrogens is 324 g/mol. The maximum absolute atomic E-state index is 10.8. The van der Waals surface area contributed by atoms with E-state index in [1.54, 1.807) is 23.1 Å². The molecule has 0 aliphatic carbocycles. The predicted molar refractivity (Wildman–Crippen MR) is 88.6 cm³/mol. The molecule has 0 spiro atoms. The van der Waals surface area contributed by atoms with Crippen molar-refractivity contribution in [3.63, 3.8) is 0 Å². The molecule has 0 aliphatic heterocycles. The third kappa shape index (κ3) is 4.52. The first-order valence-corrected chi connectivity index (χ1v) is 9.19. The van der Waals surface area contributed by atoms with Crippen molar-refractivity contribution in [3.05, 3.63) is 26.7 Å². The third-order valence-electron chi connectivity index (χ3n) is 2.82. The van der Waals surface area contributed by atoms with Crippen LogP contribution in [0.5, 0.6) is 0 Å². The molecule has 0 unspecified atom stereocenters. The average Bonchev–Trinajstić information content (AvgIpc) is 2.93. The monoisotopic (exact) mass is 342 g/mol. The Kier molecular flexibility index (Phi) is 5.06. The lowest BCUT2D eigenvalue weighted by Crippen LogP contribution is -2.11. The van der Waals surface area contributed by atoms with Crippen LogP contribution in [0, 0.1) is 6.92 Å². The standard InChI is InChI=1S/C14H18N2O2S3/c1-8-9(5-12(17)18)21-13(15-8)20-7-11-16-10(6-19-11)14(2,3)4/h6H,5,7H2,1-4H3,(H,17,18). The number of aryl methyl sites for hydroxylation is 1. The molecule has 0 radical (unpaired) electrons. The number of aromatic nitrogens is 2. The zero-order valence-corrected chi connectivity index (χ0v) is 14.9. The fraction of sp³-hybridized carbons (Fsp3) is 0.500. The van der Waals surface area contributed by atoms with Gasteiger partial charge in [-0.2, -0.15) is 0 Å². The zero-order chi connectivity index (χ0) is 15.6. The second kappa shape index (κ2) is 6.46. The number of thioether (sulfide) groups is 1. The van der Waals surface area contributed by atoms with Crippen LogP contribution in [0.15, 0.2) is 9.72 Å². The van der Waals surface area contributed by atoms with Gasteiger partial charge in [0.1, 0.15) is 5.01 Å². The highest BCUT2D eigenvalue weighted by atomic mass is 32.2. The van der Waals surface area contributed by atoms with Crippen LogP contribution in [0.2, 0.25) is 0 Å². The van der Waals surface area contributed by atoms with Crippen molar-refractivity contribution in [1.82, 2.24) is 9.97 Å². The summed E-state index contributed by atoms with van der Waals surface area (Å²) in [4.78, 5) is 20.7. The van der Waals surface area contributed by atoms with E-state index in [1.807, 2.05) is 6.92 Å². The van der Waals surface area contributed by atoms with Gasteiger partial charge in [-0.25, -0.2) is 9.97 Å². The molecule has 0 aromatic carbocycles. The molecule has 0 bridgehead atoms. The summed E-state index contributed by atoms with van der Waals surface area (Å²) in [5, 5.41) is 12.0. The Morgan fingerprint density at radius 2 is 2.10 bits per heavy atom. The van der Waals surface area contributed by atoms with Crippen LogP contribution in [0.4, 0.5) is 0 Å². The molecule has 0 saturated heterocycles. The topological polar surface area (TPSA) is 63.1 Å². The SMILES string of the molecule is Cc1nc(SCc2nc(C(C)(C)C)cs2)sc1CC(=O)O. The van der Waals surface area contributed by atoms with Crippen molar-refractivity contribution in [2.45, 2.75) is 49.6 Å². The molecule has 1 N–H and O–H groups in total. The number of carboxylic acid groups (broad SMARTS) is 1. The fourth-order valence-electron chi connectivity index (χ4n) is 1.61. The summed E-state index contributed by atoms with van der Waals surface area (Å²) < 4.78 is 0.913. The van der Waals surface area contributed by atoms with E-state index in [0.29, 0.717) is 0 Å². The quantitative estimate of drug-likeness (QED) is 0.828. The number of aliphatic carboxylic acids is 1. The number of hydrogen-bond acceptors (Lipinski definition) is 6. The highest BCUT2D eigenvalue weighted by Gasteiger charge is 2.18. The van der Waals surface area contributed by atoms with E-state index in [2.05, 4.69) is 36.1 Å². The van der Waals surface area contributed by atoms with Crippen molar-refractivity contribution in [3.8, 4) is 0 Å². The van der Waals surface area contributed by atoms with E-state index in [-0.39, 0.29) is 11.8 Å². The minimum Gasteiger partial charge on any atom is -0.481 e. The Morgan fingerprint density at radius 1 is 1.38 bits per heavy atom. The van der Waals surface area contributed by atoms with Gasteiger partial charge in [0.25, 0.3) is 0 Å². The number of carboxylic acids is 1. The van der Waals surface area contributed by atoms with Crippen molar-refractivity contribution >= 4 is 40.4 Å². The van der Waals surface area contributed by atoms with E-state index in [4.69, 9.17) is 5.11 Å². The minimum absolute atomic E-state index is 0.0511. The first-order chi connectivity index (χ1) is 9.75. The molecule has 2 rings (SSSR count). The summed E-state index contributed by atoms with van der Waals surface area (Å²) in [5.41, 5.74) is 2.01. The lowest BCUT2D eigenvalue weighted by molar-refractivity contribution is -0.136. The molecule has 0 amide bonds. The fourth-order valence-corrected chi connectivity index (χ4v) is 4.87. The van der Waals surface area contributed by atoms with Crippen LogP contribution in [0.25, 0.3) is 0 Å². The normalized spacial score (nSPS) is 11.8. The van der Waals surface area contributed by atoms with Crippen LogP contribution >= 0.6 is 34.4 Å². The summed E-state index contributed by atoms with van der Waals surface area (Å²) in [6.45, 7) is 8.32. The first kappa shape index (κ1) is 16.5. The number of rotatable bonds is 5. The molecule has 0 atom stereocenters. The number of thiazole rings is 2. The van der Waals surface area contributed by atoms with Crippen molar-refractivity contribution in [1.29, 1.82) is 0 Å². The Labute approximate surface area is 136 Å². The van der Waals surface area contributed by atoms with Gasteiger partial charge < -0.3 is 5.11 Å². The highest BCUT2D eigenvalue weighted by molar-refractivity contribution is 8.00. The Morgan fingerprint density at radius 3 is 2.67 bits per heavy atom. The van der Waals surface area contributed by atoms with E-state index < -0.39 is 5.97 Å². The zero-order valence-electron chi connectivity index (χ0n) is 12.5. The molecule has 21 heavy (non-hydrogen) atoms. The van der Waals surface area contributed by atoms with Gasteiger partial charge in [-0.3, -0.25) is 4.79 Å². The van der Waals surface area contributed by atoms with Crippen molar-refractivity contribution < 1.29 is 9.90 Å². The molecule has 0 saturated carbocycles. The molecule has 2 aromatic rings. The summed E-state index contributed by atoms with van der Waals surface area (Å²) in [7, 11) is 0. The molecule has 0 aliphatic rings.